The van der Waals surface area contributed by atoms with Gasteiger partial charge in [0, 0.05) is 25.0 Å². The average molecular weight is 366 g/mol. The van der Waals surface area contributed by atoms with Gasteiger partial charge in [-0.3, -0.25) is 9.59 Å². The number of aromatic nitrogens is 2. The molecule has 6 nitrogen and oxygen atoms in total. The molecule has 2 aromatic rings. The number of carbonyl (C=O) groups excluding carboxylic acids is 1. The molecule has 1 aliphatic carbocycles. The number of rotatable bonds is 6. The molecule has 7 heteroatoms. The lowest BCUT2D eigenvalue weighted by Crippen LogP contribution is -2.39. The quantitative estimate of drug-likeness (QED) is 0.686. The molecule has 3 rings (SSSR count). The second-order valence-corrected chi connectivity index (χ2v) is 7.00. The van der Waals surface area contributed by atoms with Crippen molar-refractivity contribution in [2.24, 2.45) is 0 Å². The molecular formula is C18H24ClN3O3. The molecule has 1 fully saturated rings. The molecule has 0 bridgehead atoms. The number of hydrogen-bond acceptors (Lipinski definition) is 3. The van der Waals surface area contributed by atoms with Gasteiger partial charge in [-0.2, -0.15) is 0 Å². The predicted molar refractivity (Wildman–Crippen MR) is 98.3 cm³/mol. The van der Waals surface area contributed by atoms with Crippen molar-refractivity contribution in [3.05, 3.63) is 33.3 Å². The molecule has 0 unspecified atom stereocenters. The van der Waals surface area contributed by atoms with E-state index in [1.165, 1.54) is 6.20 Å². The van der Waals surface area contributed by atoms with Crippen LogP contribution in [0.4, 0.5) is 0 Å². The lowest BCUT2D eigenvalue weighted by atomic mass is 9.92. The normalized spacial score (nSPS) is 20.7. The summed E-state index contributed by atoms with van der Waals surface area (Å²) in [5.74, 6) is -0.241. The highest BCUT2D eigenvalue weighted by Gasteiger charge is 2.24. The molecule has 0 saturated heterocycles. The molecule has 3 N–H and O–H groups in total. The van der Waals surface area contributed by atoms with Crippen molar-refractivity contribution in [2.75, 3.05) is 6.61 Å². The van der Waals surface area contributed by atoms with Crippen molar-refractivity contribution >= 4 is 28.4 Å². The number of carbonyl (C=O) groups is 1. The molecule has 1 amide bonds. The Morgan fingerprint density at radius 1 is 1.28 bits per heavy atom. The topological polar surface area (TPSA) is 87.0 Å². The van der Waals surface area contributed by atoms with Crippen LogP contribution in [-0.2, 0) is 4.74 Å². The van der Waals surface area contributed by atoms with E-state index in [9.17, 15) is 9.59 Å². The first-order valence-corrected chi connectivity index (χ1v) is 9.28. The molecule has 0 spiro atoms. The van der Waals surface area contributed by atoms with Gasteiger partial charge in [0.1, 0.15) is 0 Å². The van der Waals surface area contributed by atoms with E-state index < -0.39 is 0 Å². The van der Waals surface area contributed by atoms with Gasteiger partial charge in [0.15, 0.2) is 0 Å². The Hall–Kier alpha value is -1.79. The predicted octanol–water partition coefficient (Wildman–Crippen LogP) is 3.37. The Labute approximate surface area is 151 Å². The molecule has 1 aliphatic rings. The van der Waals surface area contributed by atoms with Crippen molar-refractivity contribution < 1.29 is 9.53 Å². The van der Waals surface area contributed by atoms with E-state index >= 15 is 0 Å². The number of hydrogen-bond donors (Lipinski definition) is 3. The molecule has 0 aliphatic heterocycles. The van der Waals surface area contributed by atoms with Gasteiger partial charge in [-0.1, -0.05) is 24.9 Å². The van der Waals surface area contributed by atoms with E-state index in [4.69, 9.17) is 16.3 Å². The van der Waals surface area contributed by atoms with Crippen LogP contribution in [0.5, 0.6) is 0 Å². The molecule has 2 heterocycles. The van der Waals surface area contributed by atoms with Gasteiger partial charge in [-0.25, -0.2) is 0 Å². The minimum absolute atomic E-state index is 0.113. The Bertz CT molecular complexity index is 790. The van der Waals surface area contributed by atoms with Crippen LogP contribution in [0.2, 0.25) is 5.02 Å². The summed E-state index contributed by atoms with van der Waals surface area (Å²) in [6.45, 7) is 2.97. The molecule has 0 radical (unpaired) electrons. The van der Waals surface area contributed by atoms with Gasteiger partial charge in [0.05, 0.1) is 27.6 Å². The van der Waals surface area contributed by atoms with Crippen molar-refractivity contribution in [3.63, 3.8) is 0 Å². The average Bonchev–Trinajstić information content (AvgIpc) is 3.06. The van der Waals surface area contributed by atoms with Crippen LogP contribution in [-0.4, -0.2) is 34.6 Å². The van der Waals surface area contributed by atoms with E-state index in [0.29, 0.717) is 27.6 Å². The van der Waals surface area contributed by atoms with Gasteiger partial charge in [0.2, 0.25) is 0 Å². The third-order valence-electron chi connectivity index (χ3n) is 4.78. The van der Waals surface area contributed by atoms with Gasteiger partial charge in [0.25, 0.3) is 11.5 Å². The number of aromatic amines is 2. The Kier molecular flexibility index (Phi) is 5.81. The lowest BCUT2D eigenvalue weighted by molar-refractivity contribution is 0.0209. The molecular weight excluding hydrogens is 342 g/mol. The van der Waals surface area contributed by atoms with E-state index in [1.807, 2.05) is 0 Å². The fourth-order valence-corrected chi connectivity index (χ4v) is 3.53. The summed E-state index contributed by atoms with van der Waals surface area (Å²) < 4.78 is 5.86. The maximum absolute atomic E-state index is 12.6. The number of amides is 1. The van der Waals surface area contributed by atoms with Gasteiger partial charge >= 0.3 is 0 Å². The lowest BCUT2D eigenvalue weighted by Gasteiger charge is -2.29. The fraction of sp³-hybridized carbons (Fsp3) is 0.556. The minimum atomic E-state index is -0.321. The van der Waals surface area contributed by atoms with E-state index in [-0.39, 0.29) is 17.5 Å². The zero-order valence-electron chi connectivity index (χ0n) is 14.4. The summed E-state index contributed by atoms with van der Waals surface area (Å²) >= 11 is 6.06. The fourth-order valence-electron chi connectivity index (χ4n) is 3.33. The van der Waals surface area contributed by atoms with Gasteiger partial charge in [-0.05, 0) is 32.1 Å². The number of unbranched alkanes of at least 4 members (excludes halogenated alkanes) is 1. The summed E-state index contributed by atoms with van der Waals surface area (Å²) in [6, 6.07) is 0.113. The third-order valence-corrected chi connectivity index (χ3v) is 5.08. The largest absolute Gasteiger partial charge is 0.378 e. The smallest absolute Gasteiger partial charge is 0.258 e. The van der Waals surface area contributed by atoms with Crippen LogP contribution >= 0.6 is 11.6 Å². The van der Waals surface area contributed by atoms with Crippen LogP contribution in [0.15, 0.2) is 17.2 Å². The summed E-state index contributed by atoms with van der Waals surface area (Å²) in [5, 5.41) is 3.73. The van der Waals surface area contributed by atoms with Crippen LogP contribution < -0.4 is 10.9 Å². The van der Waals surface area contributed by atoms with Gasteiger partial charge < -0.3 is 20.0 Å². The molecule has 136 valence electrons. The summed E-state index contributed by atoms with van der Waals surface area (Å²) in [7, 11) is 0. The number of nitrogens with one attached hydrogen (secondary N) is 3. The highest BCUT2D eigenvalue weighted by molar-refractivity contribution is 6.35. The monoisotopic (exact) mass is 365 g/mol. The van der Waals surface area contributed by atoms with Crippen LogP contribution in [0, 0.1) is 0 Å². The second-order valence-electron chi connectivity index (χ2n) is 6.59. The number of H-pyrrole nitrogens is 2. The second kappa shape index (κ2) is 8.06. The van der Waals surface area contributed by atoms with Crippen molar-refractivity contribution in [1.29, 1.82) is 0 Å². The standard InChI is InChI=1S/C18H24ClN3O3/c1-2-3-8-25-12-6-4-11(5-7-12)22-17(23)13-9-20-16-14(19)10-21-18(24)15(13)16/h9-12,20H,2-8H2,1H3,(H,21,24)(H,22,23)/t11-,12-. The molecule has 0 aromatic carbocycles. The first kappa shape index (κ1) is 18.0. The van der Waals surface area contributed by atoms with Crippen LogP contribution in [0.1, 0.15) is 55.8 Å². The molecule has 1 saturated carbocycles. The highest BCUT2D eigenvalue weighted by atomic mass is 35.5. The number of ether oxygens (including phenoxy) is 1. The number of fused-ring (bicyclic) bond motifs is 1. The molecule has 0 atom stereocenters. The zero-order chi connectivity index (χ0) is 17.8. The SMILES string of the molecule is CCCCO[C@H]1CC[C@H](NC(=O)c2c[nH]c3c(Cl)c[nH]c(=O)c23)CC1. The Balaban J connectivity index is 1.61. The zero-order valence-corrected chi connectivity index (χ0v) is 15.1. The first-order chi connectivity index (χ1) is 12.1. The van der Waals surface area contributed by atoms with Crippen LogP contribution in [0.25, 0.3) is 10.9 Å². The third kappa shape index (κ3) is 4.07. The first-order valence-electron chi connectivity index (χ1n) is 8.91. The minimum Gasteiger partial charge on any atom is -0.378 e. The summed E-state index contributed by atoms with van der Waals surface area (Å²) in [6.07, 6.45) is 9.18. The maximum atomic E-state index is 12.6. The van der Waals surface area contributed by atoms with E-state index in [1.54, 1.807) is 6.20 Å². The molecule has 2 aromatic heterocycles. The molecule has 25 heavy (non-hydrogen) atoms. The van der Waals surface area contributed by atoms with Crippen molar-refractivity contribution in [1.82, 2.24) is 15.3 Å². The van der Waals surface area contributed by atoms with Crippen molar-refractivity contribution in [2.45, 2.75) is 57.6 Å². The van der Waals surface area contributed by atoms with Gasteiger partial charge in [-0.15, -0.1) is 0 Å². The number of pyridine rings is 1. The van der Waals surface area contributed by atoms with Crippen molar-refractivity contribution in [3.8, 4) is 0 Å². The Morgan fingerprint density at radius 2 is 2.04 bits per heavy atom. The maximum Gasteiger partial charge on any atom is 0.258 e. The summed E-state index contributed by atoms with van der Waals surface area (Å²) in [4.78, 5) is 30.1. The highest BCUT2D eigenvalue weighted by Crippen LogP contribution is 2.24. The van der Waals surface area contributed by atoms with E-state index in [0.717, 1.165) is 45.1 Å². The summed E-state index contributed by atoms with van der Waals surface area (Å²) in [5.41, 5.74) is 0.502. The number of halogens is 1. The van der Waals surface area contributed by atoms with E-state index in [2.05, 4.69) is 22.2 Å². The Morgan fingerprint density at radius 3 is 2.76 bits per heavy atom. The van der Waals surface area contributed by atoms with Crippen LogP contribution in [0.3, 0.4) is 0 Å².